The smallest absolute Gasteiger partial charge is 0.237 e. The summed E-state index contributed by atoms with van der Waals surface area (Å²) in [5.41, 5.74) is 4.99. The predicted molar refractivity (Wildman–Crippen MR) is 60.8 cm³/mol. The number of aryl methyl sites for hydroxylation is 1. The van der Waals surface area contributed by atoms with E-state index >= 15 is 0 Å². The molecule has 1 unspecified atom stereocenters. The predicted octanol–water partition coefficient (Wildman–Crippen LogP) is 1.21. The second kappa shape index (κ2) is 4.70. The van der Waals surface area contributed by atoms with Gasteiger partial charge in [0.1, 0.15) is 5.76 Å². The third kappa shape index (κ3) is 2.27. The fourth-order valence-corrected chi connectivity index (χ4v) is 2.31. The third-order valence-corrected chi connectivity index (χ3v) is 3.34. The largest absolute Gasteiger partial charge is 0.469 e. The second-order valence-electron chi connectivity index (χ2n) is 4.41. The molecule has 0 radical (unpaired) electrons. The summed E-state index contributed by atoms with van der Waals surface area (Å²) in [4.78, 5) is 11.6. The minimum Gasteiger partial charge on any atom is -0.469 e. The van der Waals surface area contributed by atoms with Crippen LogP contribution >= 0.6 is 0 Å². The molecule has 88 valence electrons. The van der Waals surface area contributed by atoms with Crippen LogP contribution < -0.4 is 11.1 Å². The van der Waals surface area contributed by atoms with Crippen molar-refractivity contribution in [3.05, 3.63) is 24.2 Å². The zero-order valence-electron chi connectivity index (χ0n) is 9.37. The lowest BCUT2D eigenvalue weighted by Crippen LogP contribution is -2.57. The molecule has 1 saturated heterocycles. The normalized spacial score (nSPS) is 25.5. The summed E-state index contributed by atoms with van der Waals surface area (Å²) in [5, 5.41) is 3.28. The highest BCUT2D eigenvalue weighted by molar-refractivity contribution is 5.84. The number of furan rings is 1. The van der Waals surface area contributed by atoms with Gasteiger partial charge in [0.25, 0.3) is 0 Å². The van der Waals surface area contributed by atoms with Gasteiger partial charge in [-0.3, -0.25) is 4.79 Å². The van der Waals surface area contributed by atoms with Crippen LogP contribution in [0, 0.1) is 0 Å². The van der Waals surface area contributed by atoms with Crippen LogP contribution in [-0.2, 0) is 11.2 Å². The number of amides is 1. The zero-order chi connectivity index (χ0) is 11.4. The average Bonchev–Trinajstić information content (AvgIpc) is 2.80. The lowest BCUT2D eigenvalue weighted by atomic mass is 9.84. The zero-order valence-corrected chi connectivity index (χ0v) is 9.37. The molecule has 4 heteroatoms. The van der Waals surface area contributed by atoms with Gasteiger partial charge in [-0.1, -0.05) is 0 Å². The lowest BCUT2D eigenvalue weighted by molar-refractivity contribution is -0.125. The molecule has 0 spiro atoms. The van der Waals surface area contributed by atoms with Gasteiger partial charge in [0.05, 0.1) is 11.8 Å². The van der Waals surface area contributed by atoms with Gasteiger partial charge < -0.3 is 15.5 Å². The van der Waals surface area contributed by atoms with E-state index in [9.17, 15) is 4.79 Å². The van der Waals surface area contributed by atoms with Gasteiger partial charge >= 0.3 is 0 Å². The van der Waals surface area contributed by atoms with Crippen molar-refractivity contribution >= 4 is 5.91 Å². The van der Waals surface area contributed by atoms with Crippen molar-refractivity contribution in [2.75, 3.05) is 6.54 Å². The van der Waals surface area contributed by atoms with E-state index in [1.165, 1.54) is 0 Å². The van der Waals surface area contributed by atoms with Gasteiger partial charge in [-0.25, -0.2) is 0 Å². The first-order chi connectivity index (χ1) is 7.73. The first-order valence-corrected chi connectivity index (χ1v) is 5.80. The molecule has 0 aromatic carbocycles. The van der Waals surface area contributed by atoms with Crippen LogP contribution in [0.2, 0.25) is 0 Å². The van der Waals surface area contributed by atoms with Crippen molar-refractivity contribution < 1.29 is 9.21 Å². The van der Waals surface area contributed by atoms with Crippen molar-refractivity contribution in [3.8, 4) is 0 Å². The molecule has 1 amide bonds. The topological polar surface area (TPSA) is 68.3 Å². The maximum absolute atomic E-state index is 11.6. The number of carbonyl (C=O) groups is 1. The molecule has 1 fully saturated rings. The number of piperidine rings is 1. The van der Waals surface area contributed by atoms with Crippen molar-refractivity contribution in [2.45, 2.75) is 37.6 Å². The minimum absolute atomic E-state index is 0.237. The molecule has 1 atom stereocenters. The third-order valence-electron chi connectivity index (χ3n) is 3.34. The Morgan fingerprint density at radius 2 is 2.44 bits per heavy atom. The summed E-state index contributed by atoms with van der Waals surface area (Å²) in [5.74, 6) is 0.673. The molecule has 0 saturated carbocycles. The molecule has 4 nitrogen and oxygen atoms in total. The first kappa shape index (κ1) is 11.2. The van der Waals surface area contributed by atoms with Crippen LogP contribution in [0.4, 0.5) is 0 Å². The van der Waals surface area contributed by atoms with E-state index in [4.69, 9.17) is 10.2 Å². The summed E-state index contributed by atoms with van der Waals surface area (Å²) in [6.45, 7) is 0.876. The second-order valence-corrected chi connectivity index (χ2v) is 4.41. The molecule has 0 bridgehead atoms. The Balaban J connectivity index is 2.00. The van der Waals surface area contributed by atoms with E-state index in [1.54, 1.807) is 6.26 Å². The Kier molecular flexibility index (Phi) is 3.29. The van der Waals surface area contributed by atoms with Crippen molar-refractivity contribution in [1.29, 1.82) is 0 Å². The van der Waals surface area contributed by atoms with Crippen LogP contribution in [0.3, 0.4) is 0 Å². The SMILES string of the molecule is NC(=O)C1(CCc2ccco2)CCCCN1. The molecule has 1 aliphatic heterocycles. The molecular formula is C12H18N2O2. The van der Waals surface area contributed by atoms with Gasteiger partial charge in [0, 0.05) is 6.42 Å². The van der Waals surface area contributed by atoms with E-state index < -0.39 is 5.54 Å². The van der Waals surface area contributed by atoms with Crippen LogP contribution in [0.15, 0.2) is 22.8 Å². The number of hydrogen-bond donors (Lipinski definition) is 2. The van der Waals surface area contributed by atoms with Gasteiger partial charge in [0.15, 0.2) is 0 Å². The Bertz CT molecular complexity index is 340. The first-order valence-electron chi connectivity index (χ1n) is 5.80. The molecule has 2 heterocycles. The average molecular weight is 222 g/mol. The molecule has 3 N–H and O–H groups in total. The molecule has 1 aromatic heterocycles. The number of primary amides is 1. The summed E-state index contributed by atoms with van der Waals surface area (Å²) in [6, 6.07) is 3.79. The number of carbonyl (C=O) groups excluding carboxylic acids is 1. The van der Waals surface area contributed by atoms with Gasteiger partial charge in [-0.15, -0.1) is 0 Å². The minimum atomic E-state index is -0.523. The fourth-order valence-electron chi connectivity index (χ4n) is 2.31. The summed E-state index contributed by atoms with van der Waals surface area (Å²) in [7, 11) is 0. The van der Waals surface area contributed by atoms with Gasteiger partial charge in [-0.2, -0.15) is 0 Å². The Labute approximate surface area is 95.2 Å². The Morgan fingerprint density at radius 3 is 3.00 bits per heavy atom. The standard InChI is InChI=1S/C12H18N2O2/c13-11(15)12(6-1-2-8-14-12)7-5-10-4-3-9-16-10/h3-4,9,14H,1-2,5-8H2,(H2,13,15). The van der Waals surface area contributed by atoms with E-state index in [2.05, 4.69) is 5.32 Å². The van der Waals surface area contributed by atoms with Crippen LogP contribution in [0.1, 0.15) is 31.4 Å². The van der Waals surface area contributed by atoms with Crippen LogP contribution in [0.5, 0.6) is 0 Å². The van der Waals surface area contributed by atoms with Crippen molar-refractivity contribution in [2.24, 2.45) is 5.73 Å². The molecule has 1 aliphatic rings. The van der Waals surface area contributed by atoms with E-state index in [0.717, 1.165) is 44.4 Å². The maximum atomic E-state index is 11.6. The van der Waals surface area contributed by atoms with Gasteiger partial charge in [0.2, 0.25) is 5.91 Å². The van der Waals surface area contributed by atoms with E-state index in [1.807, 2.05) is 12.1 Å². The van der Waals surface area contributed by atoms with E-state index in [0.29, 0.717) is 0 Å². The highest BCUT2D eigenvalue weighted by Gasteiger charge is 2.37. The monoisotopic (exact) mass is 222 g/mol. The Hall–Kier alpha value is -1.29. The van der Waals surface area contributed by atoms with Crippen LogP contribution in [-0.4, -0.2) is 18.0 Å². The van der Waals surface area contributed by atoms with Crippen molar-refractivity contribution in [1.82, 2.24) is 5.32 Å². The highest BCUT2D eigenvalue weighted by Crippen LogP contribution is 2.24. The molecule has 1 aromatic rings. The number of rotatable bonds is 4. The number of nitrogens with one attached hydrogen (secondary N) is 1. The summed E-state index contributed by atoms with van der Waals surface area (Å²) >= 11 is 0. The fraction of sp³-hybridized carbons (Fsp3) is 0.583. The number of nitrogens with two attached hydrogens (primary N) is 1. The number of hydrogen-bond acceptors (Lipinski definition) is 3. The van der Waals surface area contributed by atoms with E-state index in [-0.39, 0.29) is 5.91 Å². The Morgan fingerprint density at radius 1 is 1.56 bits per heavy atom. The lowest BCUT2D eigenvalue weighted by Gasteiger charge is -2.35. The highest BCUT2D eigenvalue weighted by atomic mass is 16.3. The van der Waals surface area contributed by atoms with Gasteiger partial charge in [-0.05, 0) is 44.4 Å². The molecule has 2 rings (SSSR count). The molecule has 16 heavy (non-hydrogen) atoms. The molecule has 0 aliphatic carbocycles. The van der Waals surface area contributed by atoms with Crippen LogP contribution in [0.25, 0.3) is 0 Å². The summed E-state index contributed by atoms with van der Waals surface area (Å²) in [6.07, 6.45) is 6.15. The summed E-state index contributed by atoms with van der Waals surface area (Å²) < 4.78 is 5.27. The quantitative estimate of drug-likeness (QED) is 0.804. The van der Waals surface area contributed by atoms with Crippen molar-refractivity contribution in [3.63, 3.8) is 0 Å². The molecular weight excluding hydrogens is 204 g/mol. The maximum Gasteiger partial charge on any atom is 0.237 e.